The molecule has 0 radical (unpaired) electrons. The van der Waals surface area contributed by atoms with Gasteiger partial charge in [-0.1, -0.05) is 0 Å². The topological polar surface area (TPSA) is 100 Å². The first-order valence-electron chi connectivity index (χ1n) is 12.3. The molecule has 4 aromatic rings. The van der Waals surface area contributed by atoms with Crippen LogP contribution in [0.25, 0.3) is 27.5 Å². The number of halogens is 1. The number of carbonyl (C=O) groups is 1. The first kappa shape index (κ1) is 22.2. The zero-order valence-corrected chi connectivity index (χ0v) is 19.3. The fraction of sp³-hybridized carbons (Fsp3) is 0.407. The van der Waals surface area contributed by atoms with Gasteiger partial charge in [0, 0.05) is 41.3 Å². The maximum atomic E-state index is 13.9. The predicted octanol–water partition coefficient (Wildman–Crippen LogP) is 5.01. The number of hydrogen-bond donors (Lipinski definition) is 3. The summed E-state index contributed by atoms with van der Waals surface area (Å²) in [6, 6.07) is 10.8. The smallest absolute Gasteiger partial charge is 0.335 e. The van der Waals surface area contributed by atoms with Crippen molar-refractivity contribution in [3.63, 3.8) is 0 Å². The van der Waals surface area contributed by atoms with Gasteiger partial charge in [0.2, 0.25) is 0 Å². The molecule has 2 aromatic carbocycles. The van der Waals surface area contributed by atoms with Gasteiger partial charge in [-0.3, -0.25) is 5.10 Å². The summed E-state index contributed by atoms with van der Waals surface area (Å²) in [7, 11) is 0. The normalized spacial score (nSPS) is 23.8. The molecule has 1 aliphatic carbocycles. The van der Waals surface area contributed by atoms with E-state index in [-0.39, 0.29) is 30.5 Å². The second-order valence-electron chi connectivity index (χ2n) is 9.94. The third kappa shape index (κ3) is 3.72. The Morgan fingerprint density at radius 3 is 2.49 bits per heavy atom. The lowest BCUT2D eigenvalue weighted by molar-refractivity contribution is -0.162. The molecular formula is C27H28FN3O4. The Morgan fingerprint density at radius 2 is 1.80 bits per heavy atom. The third-order valence-electron chi connectivity index (χ3n) is 7.92. The van der Waals surface area contributed by atoms with Crippen LogP contribution in [-0.4, -0.2) is 49.8 Å². The first-order valence-corrected chi connectivity index (χ1v) is 12.3. The number of H-pyrrole nitrogens is 1. The Kier molecular flexibility index (Phi) is 5.38. The third-order valence-corrected chi connectivity index (χ3v) is 7.92. The summed E-state index contributed by atoms with van der Waals surface area (Å²) in [6.45, 7) is 1.37. The lowest BCUT2D eigenvalue weighted by atomic mass is 9.74. The van der Waals surface area contributed by atoms with Crippen LogP contribution in [0.4, 0.5) is 4.39 Å². The van der Waals surface area contributed by atoms with Crippen molar-refractivity contribution >= 4 is 27.8 Å². The summed E-state index contributed by atoms with van der Waals surface area (Å²) < 4.78 is 21.8. The Bertz CT molecular complexity index is 1390. The molecule has 0 unspecified atom stereocenters. The van der Waals surface area contributed by atoms with Gasteiger partial charge in [-0.05, 0) is 86.4 Å². The number of benzene rings is 2. The van der Waals surface area contributed by atoms with Gasteiger partial charge >= 0.3 is 5.97 Å². The van der Waals surface area contributed by atoms with Crippen molar-refractivity contribution in [3.8, 4) is 5.69 Å². The van der Waals surface area contributed by atoms with Crippen molar-refractivity contribution in [2.24, 2.45) is 0 Å². The molecule has 2 fully saturated rings. The number of carboxylic acid groups (broad SMARTS) is 1. The molecule has 35 heavy (non-hydrogen) atoms. The minimum Gasteiger partial charge on any atom is -0.479 e. The molecule has 7 nitrogen and oxygen atoms in total. The molecular weight excluding hydrogens is 449 g/mol. The van der Waals surface area contributed by atoms with Crippen LogP contribution in [0.15, 0.2) is 42.6 Å². The molecule has 0 atom stereocenters. The van der Waals surface area contributed by atoms with E-state index in [1.54, 1.807) is 6.20 Å². The standard InChI is InChI=1S/C27H28FN3O4/c28-19-1-3-20(4-2-19)31-23-13-18-15-29-30-22(18)14-21(23)24(25(31)17-7-11-35-12-8-17)16-5-9-27(34,10-6-16)26(32)33/h1-4,13-17,34H,5-12H2,(H,29,30)(H,32,33). The number of aromatic amines is 1. The molecule has 3 N–H and O–H groups in total. The van der Waals surface area contributed by atoms with E-state index < -0.39 is 11.6 Å². The van der Waals surface area contributed by atoms with Gasteiger partial charge in [-0.25, -0.2) is 9.18 Å². The van der Waals surface area contributed by atoms with Gasteiger partial charge < -0.3 is 19.5 Å². The van der Waals surface area contributed by atoms with Crippen LogP contribution in [0.1, 0.15) is 61.6 Å². The molecule has 2 aliphatic rings. The number of nitrogens with zero attached hydrogens (tertiary/aromatic N) is 2. The van der Waals surface area contributed by atoms with Gasteiger partial charge in [0.15, 0.2) is 5.60 Å². The van der Waals surface area contributed by atoms with E-state index >= 15 is 0 Å². The molecule has 8 heteroatoms. The van der Waals surface area contributed by atoms with Crippen molar-refractivity contribution in [3.05, 3.63) is 59.7 Å². The number of rotatable bonds is 4. The zero-order valence-electron chi connectivity index (χ0n) is 19.3. The molecule has 1 saturated carbocycles. The van der Waals surface area contributed by atoms with Crippen LogP contribution in [0, 0.1) is 5.82 Å². The molecule has 0 amide bonds. The maximum Gasteiger partial charge on any atom is 0.335 e. The Morgan fingerprint density at radius 1 is 1.09 bits per heavy atom. The van der Waals surface area contributed by atoms with Crippen LogP contribution in [-0.2, 0) is 9.53 Å². The van der Waals surface area contributed by atoms with Crippen LogP contribution in [0.2, 0.25) is 0 Å². The molecule has 6 rings (SSSR count). The number of ether oxygens (including phenoxy) is 1. The van der Waals surface area contributed by atoms with E-state index in [1.807, 2.05) is 12.1 Å². The SMILES string of the molecule is O=C(O)C1(O)CCC(c2c(C3CCOCC3)n(-c3ccc(F)cc3)c3cc4cn[nH]c4cc23)CC1. The number of carboxylic acids is 1. The van der Waals surface area contributed by atoms with Crippen molar-refractivity contribution < 1.29 is 24.1 Å². The highest BCUT2D eigenvalue weighted by atomic mass is 19.1. The number of hydrogen-bond acceptors (Lipinski definition) is 4. The number of aliphatic carboxylic acids is 1. The van der Waals surface area contributed by atoms with Crippen molar-refractivity contribution in [2.45, 2.75) is 56.0 Å². The minimum absolute atomic E-state index is 0.108. The molecule has 1 saturated heterocycles. The Hall–Kier alpha value is -3.23. The van der Waals surface area contributed by atoms with E-state index in [4.69, 9.17) is 4.74 Å². The summed E-state index contributed by atoms with van der Waals surface area (Å²) in [5, 5.41) is 29.5. The lowest BCUT2D eigenvalue weighted by Gasteiger charge is -2.34. The quantitative estimate of drug-likeness (QED) is 0.384. The fourth-order valence-electron chi connectivity index (χ4n) is 6.04. The molecule has 0 bridgehead atoms. The van der Waals surface area contributed by atoms with Crippen molar-refractivity contribution in [2.75, 3.05) is 13.2 Å². The summed E-state index contributed by atoms with van der Waals surface area (Å²) >= 11 is 0. The summed E-state index contributed by atoms with van der Waals surface area (Å²) in [5.74, 6) is -1.06. The fourth-order valence-corrected chi connectivity index (χ4v) is 6.04. The minimum atomic E-state index is -1.67. The largest absolute Gasteiger partial charge is 0.479 e. The van der Waals surface area contributed by atoms with E-state index in [2.05, 4.69) is 26.9 Å². The highest BCUT2D eigenvalue weighted by Crippen LogP contribution is 2.48. The van der Waals surface area contributed by atoms with Crippen LogP contribution >= 0.6 is 0 Å². The number of aromatic nitrogens is 3. The summed E-state index contributed by atoms with van der Waals surface area (Å²) in [5.41, 5.74) is 3.60. The van der Waals surface area contributed by atoms with Crippen LogP contribution in [0.3, 0.4) is 0 Å². The van der Waals surface area contributed by atoms with E-state index in [0.717, 1.165) is 40.3 Å². The Balaban J connectivity index is 1.60. The van der Waals surface area contributed by atoms with Gasteiger partial charge in [0.1, 0.15) is 5.82 Å². The highest BCUT2D eigenvalue weighted by Gasteiger charge is 2.42. The number of aliphatic hydroxyl groups is 1. The van der Waals surface area contributed by atoms with Crippen molar-refractivity contribution in [1.82, 2.24) is 14.8 Å². The molecule has 182 valence electrons. The summed E-state index contributed by atoms with van der Waals surface area (Å²) in [4.78, 5) is 11.7. The molecule has 0 spiro atoms. The van der Waals surface area contributed by atoms with Crippen LogP contribution < -0.4 is 0 Å². The van der Waals surface area contributed by atoms with Gasteiger partial charge in [0.05, 0.1) is 17.2 Å². The molecule has 2 aromatic heterocycles. The number of fused-ring (bicyclic) bond motifs is 2. The molecule has 1 aliphatic heterocycles. The first-order chi connectivity index (χ1) is 16.9. The van der Waals surface area contributed by atoms with E-state index in [1.165, 1.54) is 23.4 Å². The van der Waals surface area contributed by atoms with Gasteiger partial charge in [0.25, 0.3) is 0 Å². The van der Waals surface area contributed by atoms with Gasteiger partial charge in [-0.15, -0.1) is 0 Å². The lowest BCUT2D eigenvalue weighted by Crippen LogP contribution is -2.41. The predicted molar refractivity (Wildman–Crippen MR) is 129 cm³/mol. The van der Waals surface area contributed by atoms with Gasteiger partial charge in [-0.2, -0.15) is 5.10 Å². The molecule has 3 heterocycles. The number of nitrogens with one attached hydrogen (secondary N) is 1. The zero-order chi connectivity index (χ0) is 24.2. The van der Waals surface area contributed by atoms with E-state index in [9.17, 15) is 19.4 Å². The van der Waals surface area contributed by atoms with E-state index in [0.29, 0.717) is 26.1 Å². The second kappa shape index (κ2) is 8.46. The second-order valence-corrected chi connectivity index (χ2v) is 9.94. The summed E-state index contributed by atoms with van der Waals surface area (Å²) in [6.07, 6.45) is 5.18. The van der Waals surface area contributed by atoms with Crippen LogP contribution in [0.5, 0.6) is 0 Å². The highest BCUT2D eigenvalue weighted by molar-refractivity contribution is 5.99. The van der Waals surface area contributed by atoms with Crippen molar-refractivity contribution in [1.29, 1.82) is 0 Å². The Labute approximate surface area is 201 Å². The monoisotopic (exact) mass is 477 g/mol. The maximum absolute atomic E-state index is 13.9. The average Bonchev–Trinajstić information content (AvgIpc) is 3.46. The average molecular weight is 478 g/mol.